The lowest BCUT2D eigenvalue weighted by Crippen LogP contribution is -1.93. The van der Waals surface area contributed by atoms with Gasteiger partial charge in [-0.3, -0.25) is 0 Å². The first-order valence-electron chi connectivity index (χ1n) is 9.55. The normalized spacial score (nSPS) is 12.1. The second kappa shape index (κ2) is 5.26. The van der Waals surface area contributed by atoms with Crippen LogP contribution in [0.3, 0.4) is 0 Å². The van der Waals surface area contributed by atoms with Crippen LogP contribution in [-0.4, -0.2) is 9.55 Å². The molecule has 0 atom stereocenters. The fourth-order valence-electron chi connectivity index (χ4n) is 4.45. The highest BCUT2D eigenvalue weighted by atomic mass is 16.3. The van der Waals surface area contributed by atoms with Gasteiger partial charge in [-0.15, -0.1) is 0 Å². The molecule has 0 aliphatic heterocycles. The van der Waals surface area contributed by atoms with Crippen molar-refractivity contribution >= 4 is 54.8 Å². The molecule has 29 heavy (non-hydrogen) atoms. The average Bonchev–Trinajstić information content (AvgIpc) is 3.45. The lowest BCUT2D eigenvalue weighted by Gasteiger charge is -2.07. The summed E-state index contributed by atoms with van der Waals surface area (Å²) >= 11 is 0. The highest BCUT2D eigenvalue weighted by Gasteiger charge is 2.16. The van der Waals surface area contributed by atoms with E-state index in [-0.39, 0.29) is 0 Å². The molecule has 3 heterocycles. The van der Waals surface area contributed by atoms with Gasteiger partial charge in [-0.25, -0.2) is 4.98 Å². The van der Waals surface area contributed by atoms with Crippen LogP contribution in [0.4, 0.5) is 0 Å². The van der Waals surface area contributed by atoms with Crippen LogP contribution >= 0.6 is 0 Å². The summed E-state index contributed by atoms with van der Waals surface area (Å²) in [6.07, 6.45) is 1.49. The Morgan fingerprint density at radius 2 is 1.48 bits per heavy atom. The Hall–Kier alpha value is -4.05. The molecule has 7 rings (SSSR count). The fourth-order valence-corrected chi connectivity index (χ4v) is 4.45. The zero-order valence-corrected chi connectivity index (χ0v) is 15.3. The van der Waals surface area contributed by atoms with Gasteiger partial charge >= 0.3 is 0 Å². The summed E-state index contributed by atoms with van der Waals surface area (Å²) in [5.41, 5.74) is 6.82. The van der Waals surface area contributed by atoms with Crippen LogP contribution < -0.4 is 0 Å². The van der Waals surface area contributed by atoms with Crippen LogP contribution in [0.2, 0.25) is 0 Å². The molecule has 7 aromatic rings. The molecule has 3 aromatic heterocycles. The number of hydrogen-bond acceptors (Lipinski definition) is 3. The first-order valence-corrected chi connectivity index (χ1v) is 9.55. The van der Waals surface area contributed by atoms with E-state index in [2.05, 4.69) is 70.2 Å². The van der Waals surface area contributed by atoms with Crippen LogP contribution in [0.15, 0.2) is 94.1 Å². The Morgan fingerprint density at radius 3 is 2.45 bits per heavy atom. The van der Waals surface area contributed by atoms with Crippen LogP contribution in [0.25, 0.3) is 60.5 Å². The maximum atomic E-state index is 6.14. The van der Waals surface area contributed by atoms with Gasteiger partial charge in [0.15, 0.2) is 12.0 Å². The number of hydrogen-bond donors (Lipinski definition) is 0. The molecule has 4 nitrogen and oxygen atoms in total. The Morgan fingerprint density at radius 1 is 0.621 bits per heavy atom. The van der Waals surface area contributed by atoms with E-state index < -0.39 is 0 Å². The third-order valence-electron chi connectivity index (χ3n) is 5.74. The van der Waals surface area contributed by atoms with Crippen molar-refractivity contribution in [3.63, 3.8) is 0 Å². The SMILES string of the molecule is c1ccc2c(c1)oc1cc3c4ccccc4n(-c4ccc5ocnc5c4)c3cc12. The van der Waals surface area contributed by atoms with Gasteiger partial charge in [0, 0.05) is 27.2 Å². The molecule has 0 fully saturated rings. The summed E-state index contributed by atoms with van der Waals surface area (Å²) in [6.45, 7) is 0. The van der Waals surface area contributed by atoms with Gasteiger partial charge in [-0.2, -0.15) is 0 Å². The molecule has 0 aliphatic carbocycles. The molecule has 0 bridgehead atoms. The van der Waals surface area contributed by atoms with Crippen LogP contribution in [0, 0.1) is 0 Å². The zero-order valence-electron chi connectivity index (χ0n) is 15.3. The van der Waals surface area contributed by atoms with Gasteiger partial charge in [-0.05, 0) is 42.5 Å². The van der Waals surface area contributed by atoms with Crippen molar-refractivity contribution in [3.05, 3.63) is 85.3 Å². The Labute approximate surface area is 164 Å². The monoisotopic (exact) mass is 374 g/mol. The van der Waals surface area contributed by atoms with Crippen molar-refractivity contribution in [1.82, 2.24) is 9.55 Å². The van der Waals surface area contributed by atoms with Crippen molar-refractivity contribution in [2.24, 2.45) is 0 Å². The largest absolute Gasteiger partial charge is 0.456 e. The first kappa shape index (κ1) is 14.9. The van der Waals surface area contributed by atoms with E-state index in [4.69, 9.17) is 8.83 Å². The maximum Gasteiger partial charge on any atom is 0.181 e. The van der Waals surface area contributed by atoms with Crippen molar-refractivity contribution in [2.45, 2.75) is 0 Å². The third-order valence-corrected chi connectivity index (χ3v) is 5.74. The van der Waals surface area contributed by atoms with E-state index >= 15 is 0 Å². The van der Waals surface area contributed by atoms with Crippen LogP contribution in [0.5, 0.6) is 0 Å². The van der Waals surface area contributed by atoms with Crippen LogP contribution in [0.1, 0.15) is 0 Å². The van der Waals surface area contributed by atoms with E-state index in [1.165, 1.54) is 17.2 Å². The number of fused-ring (bicyclic) bond motifs is 7. The molecular formula is C25H14N2O2. The van der Waals surface area contributed by atoms with Gasteiger partial charge in [-0.1, -0.05) is 36.4 Å². The zero-order chi connectivity index (χ0) is 18.9. The summed E-state index contributed by atoms with van der Waals surface area (Å²) in [6, 6.07) is 27.2. The van der Waals surface area contributed by atoms with Crippen molar-refractivity contribution in [2.75, 3.05) is 0 Å². The van der Waals surface area contributed by atoms with Crippen molar-refractivity contribution in [3.8, 4) is 5.69 Å². The van der Waals surface area contributed by atoms with Gasteiger partial charge < -0.3 is 13.4 Å². The Kier molecular flexibility index (Phi) is 2.71. The fraction of sp³-hybridized carbons (Fsp3) is 0. The highest BCUT2D eigenvalue weighted by Crippen LogP contribution is 2.38. The molecule has 4 heteroatoms. The van der Waals surface area contributed by atoms with E-state index in [9.17, 15) is 0 Å². The highest BCUT2D eigenvalue weighted by molar-refractivity contribution is 6.17. The number of rotatable bonds is 1. The molecular weight excluding hydrogens is 360 g/mol. The van der Waals surface area contributed by atoms with Gasteiger partial charge in [0.1, 0.15) is 16.7 Å². The molecule has 0 saturated heterocycles. The third kappa shape index (κ3) is 1.95. The van der Waals surface area contributed by atoms with Gasteiger partial charge in [0.05, 0.1) is 11.0 Å². The lowest BCUT2D eigenvalue weighted by molar-refractivity contribution is 0.602. The molecule has 4 aromatic carbocycles. The summed E-state index contributed by atoms with van der Waals surface area (Å²) in [4.78, 5) is 4.34. The van der Waals surface area contributed by atoms with Gasteiger partial charge in [0.2, 0.25) is 0 Å². The quantitative estimate of drug-likeness (QED) is 0.316. The van der Waals surface area contributed by atoms with E-state index in [1.54, 1.807) is 0 Å². The predicted molar refractivity (Wildman–Crippen MR) is 116 cm³/mol. The summed E-state index contributed by atoms with van der Waals surface area (Å²) in [5.74, 6) is 0. The minimum absolute atomic E-state index is 0.790. The molecule has 0 spiro atoms. The van der Waals surface area contributed by atoms with E-state index in [0.29, 0.717) is 0 Å². The number of benzene rings is 4. The lowest BCUT2D eigenvalue weighted by atomic mass is 10.1. The molecule has 0 unspecified atom stereocenters. The molecule has 0 amide bonds. The van der Waals surface area contributed by atoms with Crippen molar-refractivity contribution < 1.29 is 8.83 Å². The predicted octanol–water partition coefficient (Wildman–Crippen LogP) is 6.82. The molecule has 0 radical (unpaired) electrons. The Bertz CT molecular complexity index is 1720. The second-order valence-electron chi connectivity index (χ2n) is 7.32. The second-order valence-corrected chi connectivity index (χ2v) is 7.32. The minimum Gasteiger partial charge on any atom is -0.456 e. The van der Waals surface area contributed by atoms with E-state index in [1.807, 2.05) is 18.2 Å². The summed E-state index contributed by atoms with van der Waals surface area (Å²) in [7, 11) is 0. The minimum atomic E-state index is 0.790. The van der Waals surface area contributed by atoms with Crippen LogP contribution in [-0.2, 0) is 0 Å². The summed E-state index contributed by atoms with van der Waals surface area (Å²) in [5, 5.41) is 4.63. The number of nitrogens with zero attached hydrogens (tertiary/aromatic N) is 2. The number of furan rings is 1. The smallest absolute Gasteiger partial charge is 0.181 e. The maximum absolute atomic E-state index is 6.14. The first-order chi connectivity index (χ1) is 14.4. The molecule has 0 saturated carbocycles. The number of oxazole rings is 1. The number of aromatic nitrogens is 2. The molecule has 0 N–H and O–H groups in total. The standard InChI is InChI=1S/C25H14N2O2/c1-3-7-21-16(5-1)18-13-25-19(17-6-2-4-8-23(17)29-25)12-22(18)27(21)15-9-10-24-20(11-15)26-14-28-24/h1-14H. The summed E-state index contributed by atoms with van der Waals surface area (Å²) < 4.78 is 13.9. The van der Waals surface area contributed by atoms with Gasteiger partial charge in [0.25, 0.3) is 0 Å². The van der Waals surface area contributed by atoms with E-state index in [0.717, 1.165) is 49.8 Å². The number of para-hydroxylation sites is 2. The average molecular weight is 374 g/mol. The Balaban J connectivity index is 1.68. The topological polar surface area (TPSA) is 44.1 Å². The van der Waals surface area contributed by atoms with Crippen molar-refractivity contribution in [1.29, 1.82) is 0 Å². The molecule has 0 aliphatic rings. The molecule has 136 valence electrons.